The van der Waals surface area contributed by atoms with Crippen LogP contribution in [-0.2, 0) is 0 Å². The van der Waals surface area contributed by atoms with Crippen molar-refractivity contribution in [3.63, 3.8) is 0 Å². The maximum Gasteiger partial charge on any atom is 0.123 e. The zero-order chi connectivity index (χ0) is 14.8. The van der Waals surface area contributed by atoms with Gasteiger partial charge in [0.05, 0.1) is 0 Å². The van der Waals surface area contributed by atoms with E-state index < -0.39 is 0 Å². The lowest BCUT2D eigenvalue weighted by Crippen LogP contribution is -2.39. The van der Waals surface area contributed by atoms with Gasteiger partial charge in [-0.15, -0.1) is 0 Å². The zero-order valence-electron chi connectivity index (χ0n) is 13.1. The van der Waals surface area contributed by atoms with E-state index in [1.54, 1.807) is 12.1 Å². The maximum atomic E-state index is 13.1. The van der Waals surface area contributed by atoms with Crippen LogP contribution in [0.25, 0.3) is 0 Å². The summed E-state index contributed by atoms with van der Waals surface area (Å²) < 4.78 is 13.1. The maximum absolute atomic E-state index is 13.1. The van der Waals surface area contributed by atoms with Gasteiger partial charge >= 0.3 is 0 Å². The minimum absolute atomic E-state index is 0.156. The Hall–Kier alpha value is -0.930. The highest BCUT2D eigenvalue weighted by Gasteiger charge is 2.33. The fourth-order valence-electron chi connectivity index (χ4n) is 2.95. The number of halogens is 1. The van der Waals surface area contributed by atoms with Gasteiger partial charge in [-0.1, -0.05) is 26.0 Å². The molecule has 0 amide bonds. The van der Waals surface area contributed by atoms with Crippen LogP contribution < -0.4 is 5.32 Å². The second kappa shape index (κ2) is 6.23. The minimum Gasteiger partial charge on any atom is -0.309 e. The standard InChI is InChI=1S/C17H27FN2/c1-17(2,12-20(3)4)11-19-16(13-5-6-13)14-7-9-15(18)10-8-14/h7-10,13,16,19H,5-6,11-12H2,1-4H3. The van der Waals surface area contributed by atoms with Gasteiger partial charge in [-0.25, -0.2) is 4.39 Å². The van der Waals surface area contributed by atoms with Crippen molar-refractivity contribution in [2.75, 3.05) is 27.2 Å². The molecule has 1 atom stereocenters. The average Bonchev–Trinajstić information content (AvgIpc) is 3.14. The SMILES string of the molecule is CN(C)CC(C)(C)CNC(c1ccc(F)cc1)C1CC1. The van der Waals surface area contributed by atoms with Crippen LogP contribution in [0.4, 0.5) is 4.39 Å². The van der Waals surface area contributed by atoms with Crippen LogP contribution in [0.3, 0.4) is 0 Å². The van der Waals surface area contributed by atoms with Gasteiger partial charge in [-0.05, 0) is 56.0 Å². The van der Waals surface area contributed by atoms with Gasteiger partial charge in [0.1, 0.15) is 5.82 Å². The van der Waals surface area contributed by atoms with Crippen molar-refractivity contribution in [1.82, 2.24) is 10.2 Å². The summed E-state index contributed by atoms with van der Waals surface area (Å²) >= 11 is 0. The van der Waals surface area contributed by atoms with Crippen molar-refractivity contribution >= 4 is 0 Å². The molecule has 112 valence electrons. The Kier molecular flexibility index (Phi) is 4.82. The molecule has 0 radical (unpaired) electrons. The van der Waals surface area contributed by atoms with Crippen LogP contribution in [-0.4, -0.2) is 32.1 Å². The molecule has 1 saturated carbocycles. The van der Waals surface area contributed by atoms with E-state index in [9.17, 15) is 4.39 Å². The second-order valence-corrected chi connectivity index (χ2v) is 7.15. The summed E-state index contributed by atoms with van der Waals surface area (Å²) in [6, 6.07) is 7.35. The first kappa shape index (κ1) is 15.5. The quantitative estimate of drug-likeness (QED) is 0.822. The number of nitrogens with zero attached hydrogens (tertiary/aromatic N) is 1. The molecule has 0 heterocycles. The van der Waals surface area contributed by atoms with Crippen LogP contribution in [0.5, 0.6) is 0 Å². The summed E-state index contributed by atoms with van der Waals surface area (Å²) in [6.07, 6.45) is 2.56. The zero-order valence-corrected chi connectivity index (χ0v) is 13.1. The molecule has 3 heteroatoms. The van der Waals surface area contributed by atoms with Crippen LogP contribution >= 0.6 is 0 Å². The first-order valence-electron chi connectivity index (χ1n) is 7.51. The monoisotopic (exact) mass is 278 g/mol. The highest BCUT2D eigenvalue weighted by Crippen LogP contribution is 2.41. The molecule has 0 bridgehead atoms. The first-order valence-corrected chi connectivity index (χ1v) is 7.51. The topological polar surface area (TPSA) is 15.3 Å². The lowest BCUT2D eigenvalue weighted by atomic mass is 9.91. The molecule has 1 aliphatic carbocycles. The van der Waals surface area contributed by atoms with E-state index in [-0.39, 0.29) is 11.2 Å². The predicted octanol–water partition coefficient (Wildman–Crippen LogP) is 3.45. The summed E-state index contributed by atoms with van der Waals surface area (Å²) in [4.78, 5) is 2.23. The minimum atomic E-state index is -0.156. The molecule has 1 N–H and O–H groups in total. The van der Waals surface area contributed by atoms with Gasteiger partial charge in [0.15, 0.2) is 0 Å². The molecule has 20 heavy (non-hydrogen) atoms. The van der Waals surface area contributed by atoms with E-state index in [4.69, 9.17) is 0 Å². The summed E-state index contributed by atoms with van der Waals surface area (Å²) in [5.41, 5.74) is 1.45. The number of hydrogen-bond donors (Lipinski definition) is 1. The summed E-state index contributed by atoms with van der Waals surface area (Å²) in [6.45, 7) is 6.60. The molecule has 0 saturated heterocycles. The van der Waals surface area contributed by atoms with Crippen LogP contribution in [0, 0.1) is 17.2 Å². The van der Waals surface area contributed by atoms with Crippen molar-refractivity contribution in [2.45, 2.75) is 32.7 Å². The fourth-order valence-corrected chi connectivity index (χ4v) is 2.95. The van der Waals surface area contributed by atoms with E-state index in [0.717, 1.165) is 19.0 Å². The number of rotatable bonds is 7. The molecule has 0 spiro atoms. The smallest absolute Gasteiger partial charge is 0.123 e. The molecular weight excluding hydrogens is 251 g/mol. The number of nitrogens with one attached hydrogen (secondary N) is 1. The van der Waals surface area contributed by atoms with Crippen molar-refractivity contribution in [1.29, 1.82) is 0 Å². The van der Waals surface area contributed by atoms with Gasteiger partial charge in [0.25, 0.3) is 0 Å². The van der Waals surface area contributed by atoms with E-state index in [1.807, 2.05) is 12.1 Å². The van der Waals surface area contributed by atoms with Gasteiger partial charge < -0.3 is 10.2 Å². The summed E-state index contributed by atoms with van der Waals surface area (Å²) in [7, 11) is 4.22. The van der Waals surface area contributed by atoms with E-state index in [2.05, 4.69) is 38.2 Å². The Morgan fingerprint density at radius 3 is 2.35 bits per heavy atom. The molecule has 1 aromatic rings. The Balaban J connectivity index is 1.98. The number of hydrogen-bond acceptors (Lipinski definition) is 2. The summed E-state index contributed by atoms with van der Waals surface area (Å²) in [5, 5.41) is 3.71. The molecule has 1 fully saturated rings. The third-order valence-electron chi connectivity index (χ3n) is 3.87. The Labute approximate surface area is 122 Å². The van der Waals surface area contributed by atoms with Crippen molar-refractivity contribution < 1.29 is 4.39 Å². The first-order chi connectivity index (χ1) is 9.37. The molecular formula is C17H27FN2. The largest absolute Gasteiger partial charge is 0.309 e. The average molecular weight is 278 g/mol. The van der Waals surface area contributed by atoms with Gasteiger partial charge in [0, 0.05) is 19.1 Å². The lowest BCUT2D eigenvalue weighted by Gasteiger charge is -2.31. The third kappa shape index (κ3) is 4.57. The van der Waals surface area contributed by atoms with E-state index >= 15 is 0 Å². The third-order valence-corrected chi connectivity index (χ3v) is 3.87. The fraction of sp³-hybridized carbons (Fsp3) is 0.647. The molecule has 2 nitrogen and oxygen atoms in total. The molecule has 2 rings (SSSR count). The van der Waals surface area contributed by atoms with E-state index in [1.165, 1.54) is 18.4 Å². The Bertz CT molecular complexity index is 421. The number of benzene rings is 1. The molecule has 0 aromatic heterocycles. The highest BCUT2D eigenvalue weighted by atomic mass is 19.1. The molecule has 1 aromatic carbocycles. The Morgan fingerprint density at radius 1 is 1.25 bits per heavy atom. The van der Waals surface area contributed by atoms with Gasteiger partial charge in [-0.2, -0.15) is 0 Å². The highest BCUT2D eigenvalue weighted by molar-refractivity contribution is 5.22. The molecule has 1 aliphatic rings. The van der Waals surface area contributed by atoms with Crippen LogP contribution in [0.15, 0.2) is 24.3 Å². The lowest BCUT2D eigenvalue weighted by molar-refractivity contribution is 0.222. The molecule has 0 aliphatic heterocycles. The van der Waals surface area contributed by atoms with Crippen molar-refractivity contribution in [3.8, 4) is 0 Å². The van der Waals surface area contributed by atoms with E-state index in [0.29, 0.717) is 6.04 Å². The molecule has 1 unspecified atom stereocenters. The van der Waals surface area contributed by atoms with Crippen molar-refractivity contribution in [3.05, 3.63) is 35.6 Å². The predicted molar refractivity (Wildman–Crippen MR) is 82.2 cm³/mol. The van der Waals surface area contributed by atoms with Gasteiger partial charge in [0.2, 0.25) is 0 Å². The van der Waals surface area contributed by atoms with Crippen LogP contribution in [0.1, 0.15) is 38.3 Å². The normalized spacial score (nSPS) is 17.5. The van der Waals surface area contributed by atoms with Gasteiger partial charge in [-0.3, -0.25) is 0 Å². The summed E-state index contributed by atoms with van der Waals surface area (Å²) in [5.74, 6) is 0.562. The van der Waals surface area contributed by atoms with Crippen molar-refractivity contribution in [2.24, 2.45) is 11.3 Å². The Morgan fingerprint density at radius 2 is 1.85 bits per heavy atom. The van der Waals surface area contributed by atoms with Crippen LogP contribution in [0.2, 0.25) is 0 Å². The second-order valence-electron chi connectivity index (χ2n) is 7.15.